The predicted molar refractivity (Wildman–Crippen MR) is 125 cm³/mol. The second-order valence-corrected chi connectivity index (χ2v) is 7.75. The van der Waals surface area contributed by atoms with E-state index in [4.69, 9.17) is 22.6 Å². The lowest BCUT2D eigenvalue weighted by Gasteiger charge is -2.16. The minimum Gasteiger partial charge on any atom is -0.458 e. The van der Waals surface area contributed by atoms with Crippen LogP contribution in [0, 0.1) is 42.7 Å². The Kier molecular flexibility index (Phi) is 7.85. The molecule has 0 spiro atoms. The molecule has 0 bridgehead atoms. The van der Waals surface area contributed by atoms with Gasteiger partial charge in [0.25, 0.3) is 11.4 Å². The fraction of sp³-hybridized carbons (Fsp3) is 0.111. The normalized spacial score (nSPS) is 12.7. The molecule has 0 fully saturated rings. The van der Waals surface area contributed by atoms with Crippen LogP contribution in [0.25, 0.3) is 21.1 Å². The van der Waals surface area contributed by atoms with Gasteiger partial charge in [-0.2, -0.15) is 26.3 Å². The van der Waals surface area contributed by atoms with Crippen LogP contribution in [0.5, 0.6) is 23.0 Å². The first kappa shape index (κ1) is 28.1. The molecule has 0 aliphatic heterocycles. The molecule has 3 aromatic rings. The van der Waals surface area contributed by atoms with Gasteiger partial charge >= 0.3 is 12.4 Å². The number of halogens is 6. The summed E-state index contributed by atoms with van der Waals surface area (Å²) in [7, 11) is 0. The van der Waals surface area contributed by atoms with E-state index in [1.807, 2.05) is 0 Å². The van der Waals surface area contributed by atoms with E-state index in [1.165, 1.54) is 6.07 Å². The van der Waals surface area contributed by atoms with Crippen LogP contribution in [0.1, 0.15) is 16.7 Å². The van der Waals surface area contributed by atoms with Crippen molar-refractivity contribution in [2.24, 2.45) is 0 Å². The molecule has 0 aliphatic carbocycles. The molecule has 0 heterocycles. The maximum absolute atomic E-state index is 13.3. The number of alkyl halides is 6. The number of ether oxygens (including phenoxy) is 2. The quantitative estimate of drug-likeness (QED) is 0.273. The van der Waals surface area contributed by atoms with Crippen molar-refractivity contribution in [3.8, 4) is 35.1 Å². The summed E-state index contributed by atoms with van der Waals surface area (Å²) < 4.78 is 91.2. The Hall–Kier alpha value is -5.46. The minimum atomic E-state index is -5.16. The van der Waals surface area contributed by atoms with Gasteiger partial charge in [-0.05, 0) is 55.0 Å². The Morgan fingerprint density at radius 2 is 1.18 bits per heavy atom. The van der Waals surface area contributed by atoms with Crippen molar-refractivity contribution in [1.82, 2.24) is 0 Å². The maximum atomic E-state index is 13.3. The molecule has 0 N–H and O–H groups in total. The first-order chi connectivity index (χ1) is 18.3. The molecule has 0 unspecified atom stereocenters. The molecule has 194 valence electrons. The molecular formula is C27H12F6N4O2. The monoisotopic (exact) mass is 538 g/mol. The van der Waals surface area contributed by atoms with Gasteiger partial charge in [-0.1, -0.05) is 12.1 Å². The first-order valence-electron chi connectivity index (χ1n) is 10.5. The second-order valence-electron chi connectivity index (χ2n) is 7.75. The van der Waals surface area contributed by atoms with Crippen molar-refractivity contribution in [1.29, 1.82) is 10.5 Å². The van der Waals surface area contributed by atoms with Gasteiger partial charge in [-0.25, -0.2) is 20.2 Å². The highest BCUT2D eigenvalue weighted by Gasteiger charge is 2.37. The SMILES string of the molecule is [C-]#[N+]/C(C#N)=c1/cc(Oc2cccc(C)c2)/c(=C(\C#N)[N+]#[C-])cc1Oc1cc(C(F)(F)F)cc(C(F)(F)F)c1. The lowest BCUT2D eigenvalue weighted by Crippen LogP contribution is -2.18. The number of benzene rings is 3. The molecule has 6 nitrogen and oxygen atoms in total. The van der Waals surface area contributed by atoms with Gasteiger partial charge in [0.15, 0.2) is 0 Å². The van der Waals surface area contributed by atoms with E-state index in [2.05, 4.69) is 9.69 Å². The van der Waals surface area contributed by atoms with Gasteiger partial charge in [0.05, 0.1) is 36.4 Å². The largest absolute Gasteiger partial charge is 0.458 e. The van der Waals surface area contributed by atoms with E-state index in [0.717, 1.165) is 17.7 Å². The minimum absolute atomic E-state index is 0.0928. The smallest absolute Gasteiger partial charge is 0.416 e. The van der Waals surface area contributed by atoms with Gasteiger partial charge in [0.1, 0.15) is 23.0 Å². The molecule has 0 saturated carbocycles. The highest BCUT2D eigenvalue weighted by molar-refractivity contribution is 5.72. The zero-order valence-electron chi connectivity index (χ0n) is 19.6. The third-order valence-corrected chi connectivity index (χ3v) is 5.03. The van der Waals surface area contributed by atoms with Gasteiger partial charge < -0.3 is 9.47 Å². The van der Waals surface area contributed by atoms with Crippen molar-refractivity contribution in [3.63, 3.8) is 0 Å². The van der Waals surface area contributed by atoms with Crippen LogP contribution in [-0.4, -0.2) is 0 Å². The fourth-order valence-corrected chi connectivity index (χ4v) is 3.31. The van der Waals surface area contributed by atoms with Crippen molar-refractivity contribution in [3.05, 3.63) is 105 Å². The number of hydrogen-bond acceptors (Lipinski definition) is 4. The van der Waals surface area contributed by atoms with E-state index in [9.17, 15) is 36.9 Å². The summed E-state index contributed by atoms with van der Waals surface area (Å²) in [4.78, 5) is 6.14. The van der Waals surface area contributed by atoms with Gasteiger partial charge in [0.2, 0.25) is 0 Å². The molecule has 0 aliphatic rings. The van der Waals surface area contributed by atoms with E-state index in [0.29, 0.717) is 12.1 Å². The Morgan fingerprint density at radius 1 is 0.718 bits per heavy atom. The van der Waals surface area contributed by atoms with Crippen LogP contribution in [-0.2, 0) is 12.4 Å². The van der Waals surface area contributed by atoms with E-state index in [-0.39, 0.29) is 28.0 Å². The molecule has 0 radical (unpaired) electrons. The zero-order valence-corrected chi connectivity index (χ0v) is 19.6. The van der Waals surface area contributed by atoms with Crippen LogP contribution in [0.2, 0.25) is 0 Å². The number of hydrogen-bond donors (Lipinski definition) is 0. The third kappa shape index (κ3) is 6.46. The van der Waals surface area contributed by atoms with Crippen LogP contribution in [0.4, 0.5) is 26.3 Å². The van der Waals surface area contributed by atoms with Gasteiger partial charge in [-0.15, -0.1) is 0 Å². The van der Waals surface area contributed by atoms with E-state index < -0.39 is 46.4 Å². The molecule has 39 heavy (non-hydrogen) atoms. The molecular weight excluding hydrogens is 526 g/mol. The summed E-state index contributed by atoms with van der Waals surface area (Å²) >= 11 is 0. The van der Waals surface area contributed by atoms with Crippen molar-refractivity contribution in [2.75, 3.05) is 0 Å². The lowest BCUT2D eigenvalue weighted by molar-refractivity contribution is -0.143. The number of nitriles is 2. The van der Waals surface area contributed by atoms with Gasteiger partial charge in [-0.3, -0.25) is 0 Å². The zero-order chi connectivity index (χ0) is 29.0. The second kappa shape index (κ2) is 10.9. The first-order valence-corrected chi connectivity index (χ1v) is 10.5. The van der Waals surface area contributed by atoms with Crippen LogP contribution < -0.4 is 19.9 Å². The van der Waals surface area contributed by atoms with Crippen LogP contribution in [0.15, 0.2) is 54.6 Å². The summed E-state index contributed by atoms with van der Waals surface area (Å²) in [5.41, 5.74) is -3.74. The lowest BCUT2D eigenvalue weighted by atomic mass is 10.1. The van der Waals surface area contributed by atoms with Crippen LogP contribution in [0.3, 0.4) is 0 Å². The number of rotatable bonds is 4. The summed E-state index contributed by atoms with van der Waals surface area (Å²) in [6.45, 7) is 16.4. The van der Waals surface area contributed by atoms with E-state index >= 15 is 0 Å². The molecule has 3 aromatic carbocycles. The molecule has 0 atom stereocenters. The third-order valence-electron chi connectivity index (χ3n) is 5.03. The summed E-state index contributed by atoms with van der Waals surface area (Å²) in [6.07, 6.45) is -10.3. The Labute approximate surface area is 217 Å². The summed E-state index contributed by atoms with van der Waals surface area (Å²) in [6, 6.07) is 12.3. The summed E-state index contributed by atoms with van der Waals surface area (Å²) in [5.74, 6) is -1.42. The van der Waals surface area contributed by atoms with Crippen molar-refractivity contribution < 1.29 is 35.8 Å². The number of aryl methyl sites for hydroxylation is 1. The highest BCUT2D eigenvalue weighted by atomic mass is 19.4. The number of nitrogens with zero attached hydrogens (tertiary/aromatic N) is 4. The maximum Gasteiger partial charge on any atom is 0.416 e. The van der Waals surface area contributed by atoms with Crippen molar-refractivity contribution >= 4 is 11.4 Å². The molecule has 3 rings (SSSR count). The Bertz CT molecular complexity index is 1680. The predicted octanol–water partition coefficient (Wildman–Crippen LogP) is 6.72. The Morgan fingerprint density at radius 3 is 1.56 bits per heavy atom. The topological polar surface area (TPSA) is 74.8 Å². The molecule has 0 saturated heterocycles. The van der Waals surface area contributed by atoms with Crippen molar-refractivity contribution in [2.45, 2.75) is 19.3 Å². The molecule has 12 heteroatoms. The average molecular weight is 538 g/mol. The molecule has 0 aromatic heterocycles. The average Bonchev–Trinajstić information content (AvgIpc) is 2.86. The Balaban J connectivity index is 2.38. The van der Waals surface area contributed by atoms with Crippen LogP contribution >= 0.6 is 0 Å². The highest BCUT2D eigenvalue weighted by Crippen LogP contribution is 2.39. The van der Waals surface area contributed by atoms with Gasteiger partial charge in [0, 0.05) is 10.4 Å². The fourth-order valence-electron chi connectivity index (χ4n) is 3.31. The standard InChI is InChI=1S/C27H12F6N4O2/c1-15-5-4-6-18(7-15)38-24-11-21(23(14-35)37-3)25(12-20(24)22(13-34)36-2)39-19-9-16(26(28,29)30)8-17(10-19)27(31,32)33/h4-12H,1H3/b22-20+,23-21-. The molecule has 0 amide bonds. The van der Waals surface area contributed by atoms with E-state index in [1.54, 1.807) is 37.3 Å². The summed E-state index contributed by atoms with van der Waals surface area (Å²) in [5, 5.41) is 18.3.